The first-order chi connectivity index (χ1) is 12.9. The first kappa shape index (κ1) is 20.6. The fourth-order valence-electron chi connectivity index (χ4n) is 3.22. The van der Waals surface area contributed by atoms with E-state index in [9.17, 15) is 13.2 Å². The van der Waals surface area contributed by atoms with Gasteiger partial charge in [-0.05, 0) is 48.9 Å². The van der Waals surface area contributed by atoms with Crippen LogP contribution >= 0.6 is 34.5 Å². The molecule has 2 aromatic rings. The van der Waals surface area contributed by atoms with E-state index in [-0.39, 0.29) is 11.9 Å². The van der Waals surface area contributed by atoms with Crippen LogP contribution in [0.2, 0.25) is 10.0 Å². The van der Waals surface area contributed by atoms with Crippen molar-refractivity contribution in [2.75, 3.05) is 13.1 Å². The zero-order chi connectivity index (χ0) is 19.4. The van der Waals surface area contributed by atoms with Gasteiger partial charge in [-0.3, -0.25) is 4.79 Å². The summed E-state index contributed by atoms with van der Waals surface area (Å²) in [5.41, 5.74) is 0.316. The van der Waals surface area contributed by atoms with Gasteiger partial charge in [-0.15, -0.1) is 11.3 Å². The van der Waals surface area contributed by atoms with Gasteiger partial charge in [0.05, 0.1) is 10.6 Å². The number of sulfonamides is 1. The van der Waals surface area contributed by atoms with Gasteiger partial charge < -0.3 is 5.32 Å². The highest BCUT2D eigenvalue weighted by Crippen LogP contribution is 2.29. The number of nitrogens with zero attached hydrogens (tertiary/aromatic N) is 1. The number of hydrogen-bond donors (Lipinski definition) is 1. The van der Waals surface area contributed by atoms with E-state index in [2.05, 4.69) is 5.32 Å². The molecule has 1 aliphatic heterocycles. The molecule has 27 heavy (non-hydrogen) atoms. The smallest absolute Gasteiger partial charge is 0.252 e. The number of thiophene rings is 1. The van der Waals surface area contributed by atoms with Gasteiger partial charge in [0, 0.05) is 24.2 Å². The maximum atomic E-state index is 12.9. The van der Waals surface area contributed by atoms with Crippen LogP contribution in [0.25, 0.3) is 0 Å². The molecule has 1 N–H and O–H groups in total. The van der Waals surface area contributed by atoms with E-state index in [1.54, 1.807) is 34.0 Å². The van der Waals surface area contributed by atoms with Crippen LogP contribution in [-0.4, -0.2) is 37.8 Å². The Balaban J connectivity index is 1.64. The van der Waals surface area contributed by atoms with E-state index in [4.69, 9.17) is 23.2 Å². The number of nitrogens with one attached hydrogen (secondary N) is 1. The highest BCUT2D eigenvalue weighted by molar-refractivity contribution is 7.91. The number of halogens is 2. The number of amides is 1. The number of carbonyl (C=O) groups excluding carboxylic acids is 1. The number of benzene rings is 1. The zero-order valence-corrected chi connectivity index (χ0v) is 17.7. The minimum atomic E-state index is -3.48. The molecule has 146 valence electrons. The van der Waals surface area contributed by atoms with E-state index in [1.165, 1.54) is 17.4 Å². The molecule has 1 aromatic heterocycles. The largest absolute Gasteiger partial charge is 0.352 e. The Labute approximate surface area is 173 Å². The van der Waals surface area contributed by atoms with Gasteiger partial charge in [-0.2, -0.15) is 4.31 Å². The summed E-state index contributed by atoms with van der Waals surface area (Å²) in [7, 11) is -3.48. The third kappa shape index (κ3) is 4.84. The third-order valence-electron chi connectivity index (χ3n) is 4.57. The summed E-state index contributed by atoms with van der Waals surface area (Å²) in [6.45, 7) is 0.877. The van der Waals surface area contributed by atoms with Crippen LogP contribution < -0.4 is 5.32 Å². The summed E-state index contributed by atoms with van der Waals surface area (Å²) in [6, 6.07) is 7.97. The van der Waals surface area contributed by atoms with Crippen LogP contribution in [-0.2, 0) is 10.0 Å². The van der Waals surface area contributed by atoms with E-state index in [0.717, 1.165) is 19.3 Å². The van der Waals surface area contributed by atoms with E-state index >= 15 is 0 Å². The average molecular weight is 447 g/mol. The molecule has 0 bridgehead atoms. The van der Waals surface area contributed by atoms with Crippen LogP contribution in [0, 0.1) is 0 Å². The molecule has 5 nitrogen and oxygen atoms in total. The van der Waals surface area contributed by atoms with Crippen molar-refractivity contribution in [3.63, 3.8) is 0 Å². The third-order valence-corrected chi connectivity index (χ3v) is 8.46. The lowest BCUT2D eigenvalue weighted by Crippen LogP contribution is -2.44. The molecule has 1 unspecified atom stereocenters. The Hall–Kier alpha value is -1.12. The molecular weight excluding hydrogens is 427 g/mol. The fraction of sp³-hybridized carbons (Fsp3) is 0.389. The van der Waals surface area contributed by atoms with Crippen LogP contribution in [0.15, 0.2) is 39.9 Å². The molecule has 1 amide bonds. The lowest BCUT2D eigenvalue weighted by molar-refractivity contribution is 0.0949. The summed E-state index contributed by atoms with van der Waals surface area (Å²) >= 11 is 13.2. The van der Waals surface area contributed by atoms with Crippen LogP contribution in [0.3, 0.4) is 0 Å². The molecule has 3 rings (SSSR count). The molecule has 1 saturated heterocycles. The van der Waals surface area contributed by atoms with Crippen LogP contribution in [0.1, 0.15) is 36.0 Å². The maximum Gasteiger partial charge on any atom is 0.252 e. The van der Waals surface area contributed by atoms with E-state index < -0.39 is 10.0 Å². The first-order valence-corrected chi connectivity index (χ1v) is 11.8. The quantitative estimate of drug-likeness (QED) is 0.713. The van der Waals surface area contributed by atoms with Crippen molar-refractivity contribution in [1.29, 1.82) is 0 Å². The maximum absolute atomic E-state index is 12.9. The predicted octanol–water partition coefficient (Wildman–Crippen LogP) is 4.42. The average Bonchev–Trinajstić information content (AvgIpc) is 3.19. The van der Waals surface area contributed by atoms with Crippen LogP contribution in [0.5, 0.6) is 0 Å². The van der Waals surface area contributed by atoms with Crippen molar-refractivity contribution in [2.45, 2.75) is 35.9 Å². The molecule has 2 heterocycles. The van der Waals surface area contributed by atoms with Gasteiger partial charge in [0.2, 0.25) is 0 Å². The molecule has 1 fully saturated rings. The zero-order valence-electron chi connectivity index (χ0n) is 14.5. The Bertz CT molecular complexity index is 901. The van der Waals surface area contributed by atoms with Gasteiger partial charge in [-0.1, -0.05) is 35.7 Å². The van der Waals surface area contributed by atoms with E-state index in [1.807, 2.05) is 0 Å². The lowest BCUT2D eigenvalue weighted by Gasteiger charge is -2.34. The second kappa shape index (κ2) is 8.92. The minimum Gasteiger partial charge on any atom is -0.352 e. The summed E-state index contributed by atoms with van der Waals surface area (Å²) < 4.78 is 27.7. The topological polar surface area (TPSA) is 66.5 Å². The normalized spacial score (nSPS) is 18.4. The Morgan fingerprint density at radius 1 is 1.26 bits per heavy atom. The molecule has 0 spiro atoms. The van der Waals surface area contributed by atoms with Gasteiger partial charge in [0.25, 0.3) is 15.9 Å². The molecule has 0 aliphatic carbocycles. The standard InChI is InChI=1S/C18H20Cl2N2O3S2/c19-13-6-7-16(20)15(12-13)18(23)21-9-8-14-4-1-2-10-22(14)27(24,25)17-5-3-11-26-17/h3,5-7,11-12,14H,1-2,4,8-10H2,(H,21,23). The monoisotopic (exact) mass is 446 g/mol. The number of rotatable bonds is 6. The fourth-order valence-corrected chi connectivity index (χ4v) is 6.44. The van der Waals surface area contributed by atoms with Gasteiger partial charge in [0.15, 0.2) is 0 Å². The minimum absolute atomic E-state index is 0.124. The number of hydrogen-bond acceptors (Lipinski definition) is 4. The Morgan fingerprint density at radius 3 is 2.81 bits per heavy atom. The molecule has 0 radical (unpaired) electrons. The number of piperidine rings is 1. The summed E-state index contributed by atoms with van der Waals surface area (Å²) in [5, 5.41) is 5.35. The lowest BCUT2D eigenvalue weighted by atomic mass is 10.0. The van der Waals surface area contributed by atoms with Crippen molar-refractivity contribution in [3.8, 4) is 0 Å². The molecule has 1 aromatic carbocycles. The van der Waals surface area contributed by atoms with E-state index in [0.29, 0.717) is 39.3 Å². The molecule has 0 saturated carbocycles. The van der Waals surface area contributed by atoms with Crippen LogP contribution in [0.4, 0.5) is 0 Å². The van der Waals surface area contributed by atoms with Gasteiger partial charge in [-0.25, -0.2) is 8.42 Å². The van der Waals surface area contributed by atoms with Crippen molar-refractivity contribution < 1.29 is 13.2 Å². The SMILES string of the molecule is O=C(NCCC1CCCCN1S(=O)(=O)c1cccs1)c1cc(Cl)ccc1Cl. The Morgan fingerprint density at radius 2 is 2.07 bits per heavy atom. The van der Waals surface area contributed by atoms with Gasteiger partial charge in [0.1, 0.15) is 4.21 Å². The predicted molar refractivity (Wildman–Crippen MR) is 109 cm³/mol. The molecule has 9 heteroatoms. The second-order valence-electron chi connectivity index (χ2n) is 6.37. The molecule has 1 atom stereocenters. The number of carbonyl (C=O) groups is 1. The van der Waals surface area contributed by atoms with Gasteiger partial charge >= 0.3 is 0 Å². The Kier molecular flexibility index (Phi) is 6.81. The summed E-state index contributed by atoms with van der Waals surface area (Å²) in [4.78, 5) is 12.3. The highest BCUT2D eigenvalue weighted by Gasteiger charge is 2.33. The van der Waals surface area contributed by atoms with Crippen molar-refractivity contribution in [3.05, 3.63) is 51.3 Å². The summed E-state index contributed by atoms with van der Waals surface area (Å²) in [6.07, 6.45) is 3.17. The second-order valence-corrected chi connectivity index (χ2v) is 10.3. The highest BCUT2D eigenvalue weighted by atomic mass is 35.5. The summed E-state index contributed by atoms with van der Waals surface area (Å²) in [5.74, 6) is -0.314. The molecule has 1 aliphatic rings. The van der Waals surface area contributed by atoms with Crippen molar-refractivity contribution in [1.82, 2.24) is 9.62 Å². The first-order valence-electron chi connectivity index (χ1n) is 8.68. The van der Waals surface area contributed by atoms with Crippen molar-refractivity contribution >= 4 is 50.5 Å². The molecular formula is C18H20Cl2N2O3S2. The van der Waals surface area contributed by atoms with Crippen molar-refractivity contribution in [2.24, 2.45) is 0 Å².